The number of phenols is 1. The molecule has 1 aromatic carbocycles. The minimum absolute atomic E-state index is 0.223. The lowest BCUT2D eigenvalue weighted by Gasteiger charge is -2.31. The summed E-state index contributed by atoms with van der Waals surface area (Å²) in [5.41, 5.74) is 2.23. The van der Waals surface area contributed by atoms with Crippen LogP contribution < -0.4 is 5.32 Å². The van der Waals surface area contributed by atoms with Crippen LogP contribution in [-0.4, -0.2) is 11.1 Å². The van der Waals surface area contributed by atoms with Crippen LogP contribution in [0.1, 0.15) is 63.1 Å². The van der Waals surface area contributed by atoms with Crippen molar-refractivity contribution in [2.45, 2.75) is 65.0 Å². The second-order valence-corrected chi connectivity index (χ2v) is 6.09. The standard InChI is InChI=1S/C17H27NO/c1-4-14-6-5-7-15(11-14)18-13(3)16-10-12(2)8-9-17(16)19/h8-10,13-15,18-19H,4-7,11H2,1-3H3. The van der Waals surface area contributed by atoms with Gasteiger partial charge in [0.15, 0.2) is 0 Å². The van der Waals surface area contributed by atoms with Crippen molar-refractivity contribution in [2.24, 2.45) is 5.92 Å². The third-order valence-electron chi connectivity index (χ3n) is 4.50. The zero-order chi connectivity index (χ0) is 13.8. The summed E-state index contributed by atoms with van der Waals surface area (Å²) in [4.78, 5) is 0. The molecule has 106 valence electrons. The minimum Gasteiger partial charge on any atom is -0.508 e. The third-order valence-corrected chi connectivity index (χ3v) is 4.50. The Kier molecular flexibility index (Phi) is 4.87. The van der Waals surface area contributed by atoms with E-state index >= 15 is 0 Å². The molecule has 0 bridgehead atoms. The molecule has 0 saturated heterocycles. The predicted octanol–water partition coefficient (Wildman–Crippen LogP) is 4.32. The Morgan fingerprint density at radius 1 is 1.37 bits per heavy atom. The van der Waals surface area contributed by atoms with E-state index in [-0.39, 0.29) is 6.04 Å². The maximum atomic E-state index is 9.99. The number of phenolic OH excluding ortho intramolecular Hbond substituents is 1. The van der Waals surface area contributed by atoms with Gasteiger partial charge in [0.05, 0.1) is 0 Å². The maximum Gasteiger partial charge on any atom is 0.120 e. The van der Waals surface area contributed by atoms with Gasteiger partial charge in [0.25, 0.3) is 0 Å². The van der Waals surface area contributed by atoms with Crippen molar-refractivity contribution in [3.8, 4) is 5.75 Å². The van der Waals surface area contributed by atoms with E-state index in [2.05, 4.69) is 32.2 Å². The summed E-state index contributed by atoms with van der Waals surface area (Å²) < 4.78 is 0. The second-order valence-electron chi connectivity index (χ2n) is 6.09. The molecule has 0 radical (unpaired) electrons. The van der Waals surface area contributed by atoms with Gasteiger partial charge >= 0.3 is 0 Å². The SMILES string of the molecule is CCC1CCCC(NC(C)c2cc(C)ccc2O)C1. The van der Waals surface area contributed by atoms with Gasteiger partial charge in [-0.25, -0.2) is 0 Å². The van der Waals surface area contributed by atoms with Crippen LogP contribution in [0.25, 0.3) is 0 Å². The van der Waals surface area contributed by atoms with Gasteiger partial charge in [-0.1, -0.05) is 43.9 Å². The normalized spacial score (nSPS) is 25.2. The van der Waals surface area contributed by atoms with Crippen molar-refractivity contribution < 1.29 is 5.11 Å². The van der Waals surface area contributed by atoms with Crippen LogP contribution >= 0.6 is 0 Å². The van der Waals surface area contributed by atoms with Gasteiger partial charge in [-0.15, -0.1) is 0 Å². The lowest BCUT2D eigenvalue weighted by molar-refractivity contribution is 0.264. The number of hydrogen-bond donors (Lipinski definition) is 2. The molecule has 1 fully saturated rings. The number of aryl methyl sites for hydroxylation is 1. The van der Waals surface area contributed by atoms with E-state index in [1.807, 2.05) is 6.07 Å². The second kappa shape index (κ2) is 6.42. The van der Waals surface area contributed by atoms with Crippen LogP contribution in [0.2, 0.25) is 0 Å². The van der Waals surface area contributed by atoms with Gasteiger partial charge in [0.2, 0.25) is 0 Å². The summed E-state index contributed by atoms with van der Waals surface area (Å²) in [6.07, 6.45) is 6.57. The minimum atomic E-state index is 0.223. The maximum absolute atomic E-state index is 9.99. The summed E-state index contributed by atoms with van der Waals surface area (Å²) >= 11 is 0. The van der Waals surface area contributed by atoms with E-state index in [9.17, 15) is 5.11 Å². The molecule has 1 aliphatic rings. The van der Waals surface area contributed by atoms with E-state index < -0.39 is 0 Å². The Morgan fingerprint density at radius 3 is 2.89 bits per heavy atom. The Morgan fingerprint density at radius 2 is 2.16 bits per heavy atom. The molecule has 0 aliphatic heterocycles. The highest BCUT2D eigenvalue weighted by molar-refractivity contribution is 5.37. The van der Waals surface area contributed by atoms with Crippen LogP contribution in [0.15, 0.2) is 18.2 Å². The summed E-state index contributed by atoms with van der Waals surface area (Å²) in [5, 5.41) is 13.7. The zero-order valence-electron chi connectivity index (χ0n) is 12.4. The number of benzene rings is 1. The van der Waals surface area contributed by atoms with E-state index in [4.69, 9.17) is 0 Å². The van der Waals surface area contributed by atoms with Crippen molar-refractivity contribution >= 4 is 0 Å². The monoisotopic (exact) mass is 261 g/mol. The molecule has 2 N–H and O–H groups in total. The summed E-state index contributed by atoms with van der Waals surface area (Å²) in [5.74, 6) is 1.29. The smallest absolute Gasteiger partial charge is 0.120 e. The first-order valence-electron chi connectivity index (χ1n) is 7.65. The molecule has 3 atom stereocenters. The molecule has 2 heteroatoms. The van der Waals surface area contributed by atoms with Gasteiger partial charge in [0.1, 0.15) is 5.75 Å². The van der Waals surface area contributed by atoms with E-state index in [1.54, 1.807) is 6.07 Å². The average Bonchev–Trinajstić information content (AvgIpc) is 2.41. The number of hydrogen-bond acceptors (Lipinski definition) is 2. The van der Waals surface area contributed by atoms with Gasteiger partial charge in [-0.2, -0.15) is 0 Å². The first-order valence-corrected chi connectivity index (χ1v) is 7.65. The fraction of sp³-hybridized carbons (Fsp3) is 0.647. The molecule has 2 nitrogen and oxygen atoms in total. The van der Waals surface area contributed by atoms with Crippen molar-refractivity contribution in [3.63, 3.8) is 0 Å². The van der Waals surface area contributed by atoms with Crippen LogP contribution in [0.3, 0.4) is 0 Å². The van der Waals surface area contributed by atoms with Gasteiger partial charge in [0, 0.05) is 17.6 Å². The first kappa shape index (κ1) is 14.4. The molecule has 2 rings (SSSR count). The van der Waals surface area contributed by atoms with Gasteiger partial charge in [-0.05, 0) is 38.7 Å². The molecule has 19 heavy (non-hydrogen) atoms. The van der Waals surface area contributed by atoms with Gasteiger partial charge < -0.3 is 10.4 Å². The zero-order valence-corrected chi connectivity index (χ0v) is 12.4. The summed E-state index contributed by atoms with van der Waals surface area (Å²) in [6.45, 7) is 6.52. The lowest BCUT2D eigenvalue weighted by Crippen LogP contribution is -2.35. The molecule has 0 spiro atoms. The summed E-state index contributed by atoms with van der Waals surface area (Å²) in [6, 6.07) is 6.68. The molecule has 0 heterocycles. The highest BCUT2D eigenvalue weighted by Gasteiger charge is 2.22. The topological polar surface area (TPSA) is 32.3 Å². The average molecular weight is 261 g/mol. The van der Waals surface area contributed by atoms with Crippen molar-refractivity contribution in [3.05, 3.63) is 29.3 Å². The van der Waals surface area contributed by atoms with Crippen LogP contribution in [0.4, 0.5) is 0 Å². The van der Waals surface area contributed by atoms with Crippen LogP contribution in [0.5, 0.6) is 5.75 Å². The van der Waals surface area contributed by atoms with Gasteiger partial charge in [-0.3, -0.25) is 0 Å². The number of aromatic hydroxyl groups is 1. The molecule has 0 aromatic heterocycles. The number of nitrogens with one attached hydrogen (secondary N) is 1. The predicted molar refractivity (Wildman–Crippen MR) is 80.4 cm³/mol. The quantitative estimate of drug-likeness (QED) is 0.846. The highest BCUT2D eigenvalue weighted by Crippen LogP contribution is 2.30. The van der Waals surface area contributed by atoms with E-state index in [1.165, 1.54) is 37.7 Å². The van der Waals surface area contributed by atoms with Crippen molar-refractivity contribution in [1.82, 2.24) is 5.32 Å². The van der Waals surface area contributed by atoms with E-state index in [0.717, 1.165) is 11.5 Å². The Bertz CT molecular complexity index is 416. The molecule has 0 amide bonds. The molecule has 1 saturated carbocycles. The Hall–Kier alpha value is -1.02. The fourth-order valence-electron chi connectivity index (χ4n) is 3.28. The van der Waals surface area contributed by atoms with Crippen molar-refractivity contribution in [2.75, 3.05) is 0 Å². The fourth-order valence-corrected chi connectivity index (χ4v) is 3.28. The van der Waals surface area contributed by atoms with E-state index in [0.29, 0.717) is 11.8 Å². The van der Waals surface area contributed by atoms with Crippen LogP contribution in [0, 0.1) is 12.8 Å². The Balaban J connectivity index is 2.00. The molecule has 1 aromatic rings. The lowest BCUT2D eigenvalue weighted by atomic mass is 9.84. The summed E-state index contributed by atoms with van der Waals surface area (Å²) in [7, 11) is 0. The largest absolute Gasteiger partial charge is 0.508 e. The first-order chi connectivity index (χ1) is 9.10. The van der Waals surface area contributed by atoms with Crippen molar-refractivity contribution in [1.29, 1.82) is 0 Å². The molecule has 1 aliphatic carbocycles. The Labute approximate surface area is 117 Å². The number of rotatable bonds is 4. The molecular formula is C17H27NO. The highest BCUT2D eigenvalue weighted by atomic mass is 16.3. The van der Waals surface area contributed by atoms with Crippen LogP contribution in [-0.2, 0) is 0 Å². The molecular weight excluding hydrogens is 234 g/mol. The molecule has 3 unspecified atom stereocenters. The third kappa shape index (κ3) is 3.73.